The van der Waals surface area contributed by atoms with E-state index in [2.05, 4.69) is 29.5 Å². The molecule has 1 aliphatic rings. The van der Waals surface area contributed by atoms with Crippen molar-refractivity contribution in [1.82, 2.24) is 34.2 Å². The zero-order chi connectivity index (χ0) is 15.8. The second-order valence-corrected chi connectivity index (χ2v) is 6.05. The first kappa shape index (κ1) is 14.1. The molecule has 2 N–H and O–H groups in total. The summed E-state index contributed by atoms with van der Waals surface area (Å²) in [5.74, 6) is 1.60. The molecule has 0 aromatic carbocycles. The fraction of sp³-hybridized carbons (Fsp3) is 0.467. The maximum absolute atomic E-state index is 5.89. The van der Waals surface area contributed by atoms with Gasteiger partial charge in [0.05, 0.1) is 24.2 Å². The molecule has 0 spiro atoms. The summed E-state index contributed by atoms with van der Waals surface area (Å²) in [6.45, 7) is 2.95. The van der Waals surface area contributed by atoms with Crippen LogP contribution in [0.25, 0.3) is 11.0 Å². The predicted octanol–water partition coefficient (Wildman–Crippen LogP) is 0.979. The van der Waals surface area contributed by atoms with E-state index < -0.39 is 0 Å². The Morgan fingerprint density at radius 3 is 2.78 bits per heavy atom. The van der Waals surface area contributed by atoms with Crippen LogP contribution in [-0.2, 0) is 13.6 Å². The molecule has 1 fully saturated rings. The molecule has 0 bridgehead atoms. The second-order valence-electron chi connectivity index (χ2n) is 6.05. The van der Waals surface area contributed by atoms with Crippen LogP contribution in [0.15, 0.2) is 24.9 Å². The number of nitrogens with two attached hydrogens (primary N) is 1. The van der Waals surface area contributed by atoms with Crippen LogP contribution in [-0.4, -0.2) is 47.3 Å². The summed E-state index contributed by atoms with van der Waals surface area (Å²) >= 11 is 0. The summed E-state index contributed by atoms with van der Waals surface area (Å²) in [4.78, 5) is 15.2. The number of hydrogen-bond acceptors (Lipinski definition) is 6. The van der Waals surface area contributed by atoms with E-state index in [-0.39, 0.29) is 0 Å². The maximum Gasteiger partial charge on any atom is 0.163 e. The van der Waals surface area contributed by atoms with Gasteiger partial charge >= 0.3 is 0 Å². The number of piperidine rings is 1. The lowest BCUT2D eigenvalue weighted by molar-refractivity contribution is 0.170. The van der Waals surface area contributed by atoms with Crippen molar-refractivity contribution in [3.8, 4) is 0 Å². The SMILES string of the molecule is Cn1ccnc1CN1CCC(n2ncc3c(N)ncnc32)CC1. The maximum atomic E-state index is 5.89. The molecule has 1 aliphatic heterocycles. The standard InChI is InChI=1S/C15H20N8/c1-21-7-4-17-13(21)9-22-5-2-11(3-6-22)23-15-12(8-20-23)14(16)18-10-19-15/h4,7-8,10-11H,2-3,5-6,9H2,1H3,(H2,16,18,19). The molecule has 0 radical (unpaired) electrons. The Morgan fingerprint density at radius 2 is 2.04 bits per heavy atom. The van der Waals surface area contributed by atoms with E-state index in [4.69, 9.17) is 5.73 Å². The van der Waals surface area contributed by atoms with Gasteiger partial charge in [-0.05, 0) is 12.8 Å². The fourth-order valence-electron chi connectivity index (χ4n) is 3.22. The Kier molecular flexibility index (Phi) is 3.45. The van der Waals surface area contributed by atoms with Gasteiger partial charge in [0.25, 0.3) is 0 Å². The number of rotatable bonds is 3. The third-order valence-corrected chi connectivity index (χ3v) is 4.61. The monoisotopic (exact) mass is 312 g/mol. The van der Waals surface area contributed by atoms with Crippen LogP contribution >= 0.6 is 0 Å². The van der Waals surface area contributed by atoms with Gasteiger partial charge in [0, 0.05) is 32.5 Å². The molecule has 23 heavy (non-hydrogen) atoms. The van der Waals surface area contributed by atoms with Gasteiger partial charge in [0.2, 0.25) is 0 Å². The van der Waals surface area contributed by atoms with Gasteiger partial charge in [-0.25, -0.2) is 19.6 Å². The first-order valence-electron chi connectivity index (χ1n) is 7.84. The summed E-state index contributed by atoms with van der Waals surface area (Å²) in [6.07, 6.45) is 9.21. The zero-order valence-corrected chi connectivity index (χ0v) is 13.1. The summed E-state index contributed by atoms with van der Waals surface area (Å²) in [5, 5.41) is 5.33. The largest absolute Gasteiger partial charge is 0.383 e. The van der Waals surface area contributed by atoms with Gasteiger partial charge in [-0.15, -0.1) is 0 Å². The van der Waals surface area contributed by atoms with Gasteiger partial charge in [0.15, 0.2) is 5.65 Å². The first-order chi connectivity index (χ1) is 11.2. The van der Waals surface area contributed by atoms with Crippen molar-refractivity contribution in [2.75, 3.05) is 18.8 Å². The van der Waals surface area contributed by atoms with Gasteiger partial charge in [-0.1, -0.05) is 0 Å². The van der Waals surface area contributed by atoms with Crippen molar-refractivity contribution >= 4 is 16.9 Å². The molecule has 120 valence electrons. The normalized spacial score (nSPS) is 17.1. The molecule has 3 aromatic rings. The number of aryl methyl sites for hydroxylation is 1. The minimum absolute atomic E-state index is 0.361. The predicted molar refractivity (Wildman–Crippen MR) is 86.5 cm³/mol. The molecule has 8 heteroatoms. The minimum atomic E-state index is 0.361. The highest BCUT2D eigenvalue weighted by molar-refractivity contribution is 5.84. The van der Waals surface area contributed by atoms with Gasteiger partial charge < -0.3 is 10.3 Å². The Bertz CT molecular complexity index is 812. The molecule has 0 unspecified atom stereocenters. The molecule has 0 amide bonds. The average molecular weight is 312 g/mol. The van der Waals surface area contributed by atoms with E-state index in [9.17, 15) is 0 Å². The quantitative estimate of drug-likeness (QED) is 0.775. The highest BCUT2D eigenvalue weighted by atomic mass is 15.3. The Hall–Kier alpha value is -2.48. The number of anilines is 1. The molecular formula is C15H20N8. The highest BCUT2D eigenvalue weighted by Crippen LogP contribution is 2.27. The van der Waals surface area contributed by atoms with E-state index in [1.165, 1.54) is 6.33 Å². The van der Waals surface area contributed by atoms with E-state index >= 15 is 0 Å². The summed E-state index contributed by atoms with van der Waals surface area (Å²) < 4.78 is 4.08. The lowest BCUT2D eigenvalue weighted by Gasteiger charge is -2.31. The minimum Gasteiger partial charge on any atom is -0.383 e. The van der Waals surface area contributed by atoms with Gasteiger partial charge in [0.1, 0.15) is 18.0 Å². The Labute approximate surface area is 134 Å². The second kappa shape index (κ2) is 5.62. The highest BCUT2D eigenvalue weighted by Gasteiger charge is 2.24. The average Bonchev–Trinajstić information content (AvgIpc) is 3.16. The smallest absolute Gasteiger partial charge is 0.163 e. The van der Waals surface area contributed by atoms with E-state index in [0.717, 1.165) is 49.3 Å². The lowest BCUT2D eigenvalue weighted by Crippen LogP contribution is -2.35. The lowest BCUT2D eigenvalue weighted by atomic mass is 10.1. The van der Waals surface area contributed by atoms with Crippen molar-refractivity contribution in [1.29, 1.82) is 0 Å². The topological polar surface area (TPSA) is 90.7 Å². The van der Waals surface area contributed by atoms with Crippen LogP contribution in [0.5, 0.6) is 0 Å². The van der Waals surface area contributed by atoms with Crippen LogP contribution in [0.3, 0.4) is 0 Å². The van der Waals surface area contributed by atoms with Crippen LogP contribution in [0.2, 0.25) is 0 Å². The van der Waals surface area contributed by atoms with Crippen molar-refractivity contribution in [3.63, 3.8) is 0 Å². The molecular weight excluding hydrogens is 292 g/mol. The van der Waals surface area contributed by atoms with Crippen LogP contribution in [0.1, 0.15) is 24.7 Å². The Morgan fingerprint density at radius 1 is 1.22 bits per heavy atom. The van der Waals surface area contributed by atoms with Crippen LogP contribution in [0.4, 0.5) is 5.82 Å². The van der Waals surface area contributed by atoms with E-state index in [0.29, 0.717) is 11.9 Å². The number of aromatic nitrogens is 6. The molecule has 3 aromatic heterocycles. The number of fused-ring (bicyclic) bond motifs is 1. The number of nitrogen functional groups attached to an aromatic ring is 1. The molecule has 1 saturated heterocycles. The number of nitrogens with zero attached hydrogens (tertiary/aromatic N) is 7. The summed E-state index contributed by atoms with van der Waals surface area (Å²) in [6, 6.07) is 0.361. The third kappa shape index (κ3) is 2.55. The zero-order valence-electron chi connectivity index (χ0n) is 13.1. The van der Waals surface area contributed by atoms with Crippen molar-refractivity contribution in [3.05, 3.63) is 30.7 Å². The van der Waals surface area contributed by atoms with Crippen molar-refractivity contribution in [2.45, 2.75) is 25.4 Å². The molecule has 8 nitrogen and oxygen atoms in total. The molecule has 0 aliphatic carbocycles. The number of likely N-dealkylation sites (tertiary alicyclic amines) is 1. The van der Waals surface area contributed by atoms with E-state index in [1.807, 2.05) is 24.1 Å². The molecule has 4 heterocycles. The van der Waals surface area contributed by atoms with Crippen LogP contribution in [0, 0.1) is 0 Å². The third-order valence-electron chi connectivity index (χ3n) is 4.61. The Balaban J connectivity index is 1.47. The fourth-order valence-corrected chi connectivity index (χ4v) is 3.22. The molecule has 4 rings (SSSR count). The first-order valence-corrected chi connectivity index (χ1v) is 7.84. The van der Waals surface area contributed by atoms with Gasteiger partial charge in [-0.3, -0.25) is 4.90 Å². The number of imidazole rings is 1. The van der Waals surface area contributed by atoms with Crippen molar-refractivity contribution in [2.24, 2.45) is 7.05 Å². The summed E-state index contributed by atoms with van der Waals surface area (Å²) in [5.41, 5.74) is 6.72. The molecule has 0 atom stereocenters. The molecule has 0 saturated carbocycles. The number of hydrogen-bond donors (Lipinski definition) is 1. The van der Waals surface area contributed by atoms with Crippen LogP contribution < -0.4 is 5.73 Å². The van der Waals surface area contributed by atoms with Crippen molar-refractivity contribution < 1.29 is 0 Å². The van der Waals surface area contributed by atoms with Gasteiger partial charge in [-0.2, -0.15) is 5.10 Å². The summed E-state index contributed by atoms with van der Waals surface area (Å²) in [7, 11) is 2.04. The van der Waals surface area contributed by atoms with E-state index in [1.54, 1.807) is 6.20 Å².